The Bertz CT molecular complexity index is 1540. The molecule has 0 aliphatic heterocycles. The van der Waals surface area contributed by atoms with Crippen molar-refractivity contribution in [2.24, 2.45) is 0 Å². The molecular formula is C30H36FN3O9S. The van der Waals surface area contributed by atoms with E-state index in [9.17, 15) is 22.8 Å². The highest BCUT2D eigenvalue weighted by atomic mass is 32.2. The van der Waals surface area contributed by atoms with E-state index in [0.29, 0.717) is 21.0 Å². The number of ether oxygens (including phenoxy) is 4. The van der Waals surface area contributed by atoms with E-state index in [0.717, 1.165) is 7.11 Å². The maximum atomic E-state index is 16.7. The molecule has 0 aromatic heterocycles. The van der Waals surface area contributed by atoms with E-state index in [2.05, 4.69) is 16.6 Å². The first kappa shape index (κ1) is 33.9. The number of amides is 2. The SMILES string of the molecule is C=CCOC(=O)NS(=O)(=O)N(CC(=O)OC)c1c(OCc2ccccc2)cc2c(c1F)C[C@H](NC(=O)OC(C)(C)C)C=C2C. The van der Waals surface area contributed by atoms with Gasteiger partial charge in [-0.05, 0) is 56.9 Å². The molecule has 14 heteroatoms. The molecule has 0 radical (unpaired) electrons. The Balaban J connectivity index is 2.15. The van der Waals surface area contributed by atoms with Crippen LogP contribution in [0.1, 0.15) is 44.4 Å². The molecule has 0 unspecified atom stereocenters. The van der Waals surface area contributed by atoms with Crippen molar-refractivity contribution in [3.63, 3.8) is 0 Å². The lowest BCUT2D eigenvalue weighted by Gasteiger charge is -2.30. The molecule has 238 valence electrons. The van der Waals surface area contributed by atoms with Crippen molar-refractivity contribution >= 4 is 39.6 Å². The Labute approximate surface area is 256 Å². The molecule has 3 rings (SSSR count). The number of benzene rings is 2. The maximum absolute atomic E-state index is 16.7. The smallest absolute Gasteiger partial charge is 0.422 e. The molecule has 0 fully saturated rings. The quantitative estimate of drug-likeness (QED) is 0.209. The Kier molecular flexibility index (Phi) is 11.0. The predicted molar refractivity (Wildman–Crippen MR) is 161 cm³/mol. The van der Waals surface area contributed by atoms with Crippen molar-refractivity contribution in [3.8, 4) is 5.75 Å². The Morgan fingerprint density at radius 2 is 1.84 bits per heavy atom. The van der Waals surface area contributed by atoms with E-state index in [1.54, 1.807) is 68.8 Å². The molecule has 0 saturated heterocycles. The van der Waals surface area contributed by atoms with E-state index in [-0.39, 0.29) is 30.9 Å². The Hall–Kier alpha value is -4.59. The molecule has 0 heterocycles. The maximum Gasteiger partial charge on any atom is 0.422 e. The Morgan fingerprint density at radius 3 is 2.45 bits per heavy atom. The normalized spacial score (nSPS) is 14.3. The summed E-state index contributed by atoms with van der Waals surface area (Å²) in [6.07, 6.45) is 0.729. The highest BCUT2D eigenvalue weighted by Crippen LogP contribution is 2.41. The lowest BCUT2D eigenvalue weighted by Crippen LogP contribution is -2.47. The summed E-state index contributed by atoms with van der Waals surface area (Å²) >= 11 is 0. The van der Waals surface area contributed by atoms with Gasteiger partial charge in [-0.1, -0.05) is 49.1 Å². The fraction of sp³-hybridized carbons (Fsp3) is 0.367. The fourth-order valence-electron chi connectivity index (χ4n) is 4.30. The summed E-state index contributed by atoms with van der Waals surface area (Å²) in [5.41, 5.74) is 0.258. The number of nitrogens with zero attached hydrogens (tertiary/aromatic N) is 1. The largest absolute Gasteiger partial charge is 0.487 e. The summed E-state index contributed by atoms with van der Waals surface area (Å²) in [4.78, 5) is 37.1. The van der Waals surface area contributed by atoms with Gasteiger partial charge in [-0.15, -0.1) is 0 Å². The standard InChI is InChI=1S/C30H36FN3O9S/c1-7-13-41-29(37)33-44(38,39)34(17-25(35)40-6)27-24(42-18-20-11-9-8-10-12-20)16-22-19(2)14-21(15-23(22)26(27)31)32-28(36)43-30(3,4)5/h7-12,14,16,21H,1,13,15,17-18H2,2-6H3,(H,32,36)(H,33,37)/t21-/m1/s1. The minimum atomic E-state index is -4.98. The van der Waals surface area contributed by atoms with E-state index in [1.165, 1.54) is 12.1 Å². The average Bonchev–Trinajstić information content (AvgIpc) is 2.93. The second-order valence-electron chi connectivity index (χ2n) is 10.7. The number of rotatable bonds is 11. The first-order valence-electron chi connectivity index (χ1n) is 13.5. The van der Waals surface area contributed by atoms with Gasteiger partial charge in [0.1, 0.15) is 36.8 Å². The molecule has 12 nitrogen and oxygen atoms in total. The number of halogens is 1. The summed E-state index contributed by atoms with van der Waals surface area (Å²) in [6.45, 7) is 8.76. The Morgan fingerprint density at radius 1 is 1.16 bits per heavy atom. The van der Waals surface area contributed by atoms with E-state index in [4.69, 9.17) is 14.2 Å². The van der Waals surface area contributed by atoms with Crippen molar-refractivity contribution in [2.75, 3.05) is 24.6 Å². The summed E-state index contributed by atoms with van der Waals surface area (Å²) in [5, 5.41) is 2.68. The zero-order valence-corrected chi connectivity index (χ0v) is 26.0. The molecule has 2 aromatic rings. The average molecular weight is 634 g/mol. The molecule has 0 saturated carbocycles. The molecule has 1 atom stereocenters. The van der Waals surface area contributed by atoms with Crippen LogP contribution in [0, 0.1) is 5.82 Å². The van der Waals surface area contributed by atoms with Crippen molar-refractivity contribution in [1.29, 1.82) is 0 Å². The molecule has 0 bridgehead atoms. The molecule has 1 aliphatic rings. The van der Waals surface area contributed by atoms with E-state index < -0.39 is 58.1 Å². The third-order valence-corrected chi connectivity index (χ3v) is 7.45. The van der Waals surface area contributed by atoms with Crippen LogP contribution in [-0.4, -0.2) is 58.5 Å². The van der Waals surface area contributed by atoms with Crippen LogP contribution in [0.2, 0.25) is 0 Å². The number of allylic oxidation sites excluding steroid dienone is 1. The minimum Gasteiger partial charge on any atom is -0.487 e. The zero-order chi connectivity index (χ0) is 32.7. The van der Waals surface area contributed by atoms with Crippen molar-refractivity contribution in [3.05, 3.63) is 77.6 Å². The molecule has 1 aliphatic carbocycles. The van der Waals surface area contributed by atoms with Gasteiger partial charge < -0.3 is 24.3 Å². The van der Waals surface area contributed by atoms with Gasteiger partial charge in [0.2, 0.25) is 0 Å². The van der Waals surface area contributed by atoms with Crippen LogP contribution in [-0.2, 0) is 42.2 Å². The van der Waals surface area contributed by atoms with Crippen LogP contribution >= 0.6 is 0 Å². The minimum absolute atomic E-state index is 0.0346. The number of fused-ring (bicyclic) bond motifs is 1. The van der Waals surface area contributed by atoms with Crippen LogP contribution in [0.25, 0.3) is 5.57 Å². The van der Waals surface area contributed by atoms with Gasteiger partial charge in [-0.2, -0.15) is 8.42 Å². The number of alkyl carbamates (subject to hydrolysis) is 1. The van der Waals surface area contributed by atoms with Gasteiger partial charge in [0, 0.05) is 5.56 Å². The number of methoxy groups -OCH3 is 1. The highest BCUT2D eigenvalue weighted by molar-refractivity contribution is 7.91. The molecule has 2 aromatic carbocycles. The van der Waals surface area contributed by atoms with E-state index in [1.807, 2.05) is 0 Å². The monoisotopic (exact) mass is 633 g/mol. The first-order valence-corrected chi connectivity index (χ1v) is 14.9. The predicted octanol–water partition coefficient (Wildman–Crippen LogP) is 4.39. The zero-order valence-electron chi connectivity index (χ0n) is 25.1. The molecule has 2 amide bonds. The van der Waals surface area contributed by atoms with Crippen molar-refractivity contribution in [2.45, 2.75) is 52.4 Å². The third-order valence-electron chi connectivity index (χ3n) is 6.13. The van der Waals surface area contributed by atoms with Crippen molar-refractivity contribution < 1.29 is 46.1 Å². The van der Waals surface area contributed by atoms with Crippen LogP contribution < -0.4 is 19.1 Å². The second kappa shape index (κ2) is 14.3. The van der Waals surface area contributed by atoms with Gasteiger partial charge in [-0.25, -0.2) is 23.0 Å². The van der Waals surface area contributed by atoms with Gasteiger partial charge in [0.15, 0.2) is 5.82 Å². The number of anilines is 1. The first-order chi connectivity index (χ1) is 20.6. The highest BCUT2D eigenvalue weighted by Gasteiger charge is 2.36. The number of esters is 1. The van der Waals surface area contributed by atoms with Gasteiger partial charge in [0.05, 0.1) is 13.2 Å². The lowest BCUT2D eigenvalue weighted by molar-refractivity contribution is -0.138. The summed E-state index contributed by atoms with van der Waals surface area (Å²) in [7, 11) is -3.96. The number of nitrogens with one attached hydrogen (secondary N) is 2. The van der Waals surface area contributed by atoms with E-state index >= 15 is 4.39 Å². The topological polar surface area (TPSA) is 150 Å². The summed E-state index contributed by atoms with van der Waals surface area (Å²) in [6, 6.07) is 9.58. The molecule has 44 heavy (non-hydrogen) atoms. The van der Waals surface area contributed by atoms with Gasteiger partial charge in [0.25, 0.3) is 0 Å². The number of carbonyl (C=O) groups is 3. The molecular weight excluding hydrogens is 597 g/mol. The third kappa shape index (κ3) is 8.96. The van der Waals surface area contributed by atoms with Gasteiger partial charge >= 0.3 is 28.4 Å². The van der Waals surface area contributed by atoms with Crippen LogP contribution in [0.4, 0.5) is 19.7 Å². The van der Waals surface area contributed by atoms with Crippen LogP contribution in [0.15, 0.2) is 55.1 Å². The molecule has 0 spiro atoms. The molecule has 2 N–H and O–H groups in total. The lowest BCUT2D eigenvalue weighted by atomic mass is 9.87. The van der Waals surface area contributed by atoms with Gasteiger partial charge in [-0.3, -0.25) is 4.79 Å². The number of carbonyl (C=O) groups excluding carboxylic acids is 3. The van der Waals surface area contributed by atoms with Crippen LogP contribution in [0.5, 0.6) is 5.75 Å². The summed E-state index contributed by atoms with van der Waals surface area (Å²) < 4.78 is 66.4. The van der Waals surface area contributed by atoms with Crippen LogP contribution in [0.3, 0.4) is 0 Å². The van der Waals surface area contributed by atoms with Crippen molar-refractivity contribution in [1.82, 2.24) is 10.0 Å². The fourth-order valence-corrected chi connectivity index (χ4v) is 5.36. The summed E-state index contributed by atoms with van der Waals surface area (Å²) in [5.74, 6) is -2.34. The second-order valence-corrected chi connectivity index (χ2v) is 12.3. The number of hydrogen-bond acceptors (Lipinski definition) is 9. The number of hydrogen-bond donors (Lipinski definition) is 2.